The van der Waals surface area contributed by atoms with Gasteiger partial charge in [0.1, 0.15) is 22.8 Å². The lowest BCUT2D eigenvalue weighted by Gasteiger charge is -2.33. The van der Waals surface area contributed by atoms with Crippen molar-refractivity contribution in [3.05, 3.63) is 71.2 Å². The summed E-state index contributed by atoms with van der Waals surface area (Å²) >= 11 is 0. The fourth-order valence-electron chi connectivity index (χ4n) is 6.27. The number of amides is 2. The van der Waals surface area contributed by atoms with E-state index in [-0.39, 0.29) is 24.1 Å². The zero-order chi connectivity index (χ0) is 28.1. The molecule has 2 aromatic carbocycles. The normalized spacial score (nSPS) is 27.9. The molecule has 1 saturated carbocycles. The summed E-state index contributed by atoms with van der Waals surface area (Å²) in [6, 6.07) is 13.7. The van der Waals surface area contributed by atoms with E-state index in [1.807, 2.05) is 32.0 Å². The van der Waals surface area contributed by atoms with Crippen molar-refractivity contribution < 1.29 is 23.5 Å². The summed E-state index contributed by atoms with van der Waals surface area (Å²) in [7, 11) is 0. The third kappa shape index (κ3) is 4.77. The van der Waals surface area contributed by atoms with Crippen molar-refractivity contribution in [3.63, 3.8) is 0 Å². The van der Waals surface area contributed by atoms with E-state index in [0.29, 0.717) is 47.5 Å². The highest BCUT2D eigenvalue weighted by Gasteiger charge is 2.70. The topological polar surface area (TPSA) is 84.1 Å². The molecule has 7 rings (SSSR count). The average molecular weight is 546 g/mol. The molecular formula is C32H36FN3O4. The van der Waals surface area contributed by atoms with Crippen LogP contribution in [-0.4, -0.2) is 46.5 Å². The van der Waals surface area contributed by atoms with Crippen LogP contribution in [0.4, 0.5) is 4.39 Å². The Morgan fingerprint density at radius 3 is 2.60 bits per heavy atom. The van der Waals surface area contributed by atoms with Gasteiger partial charge in [-0.2, -0.15) is 0 Å². The molecule has 8 heteroatoms. The molecule has 4 aliphatic rings. The van der Waals surface area contributed by atoms with Gasteiger partial charge < -0.3 is 9.47 Å². The second kappa shape index (κ2) is 10.2. The molecule has 3 atom stereocenters. The Morgan fingerprint density at radius 2 is 1.90 bits per heavy atom. The Morgan fingerprint density at radius 1 is 1.12 bits per heavy atom. The van der Waals surface area contributed by atoms with Crippen molar-refractivity contribution in [1.82, 2.24) is 15.2 Å². The summed E-state index contributed by atoms with van der Waals surface area (Å²) < 4.78 is 28.3. The van der Waals surface area contributed by atoms with Crippen molar-refractivity contribution in [1.29, 1.82) is 0 Å². The number of hydrogen-bond acceptors (Lipinski definition) is 6. The summed E-state index contributed by atoms with van der Waals surface area (Å²) in [5, 5.41) is 2.76. The van der Waals surface area contributed by atoms with Crippen LogP contribution >= 0.6 is 0 Å². The number of nitrogens with one attached hydrogen (secondary N) is 1. The molecule has 0 radical (unpaired) electrons. The minimum absolute atomic E-state index is 0.265. The largest absolute Gasteiger partial charge is 0.490 e. The number of carbonyl (C=O) groups is 2. The number of nitrogens with zero attached hydrogens (tertiary/aromatic N) is 2. The smallest absolute Gasteiger partial charge is 0.234 e. The second-order valence-electron chi connectivity index (χ2n) is 11.3. The van der Waals surface area contributed by atoms with Gasteiger partial charge in [0.25, 0.3) is 0 Å². The van der Waals surface area contributed by atoms with Crippen molar-refractivity contribution >= 4 is 22.7 Å². The molecule has 3 aromatic rings. The number of likely N-dealkylation sites (tertiary alicyclic amines) is 1. The Kier molecular flexibility index (Phi) is 6.87. The fourth-order valence-corrected chi connectivity index (χ4v) is 6.27. The summed E-state index contributed by atoms with van der Waals surface area (Å²) in [6.45, 7) is 8.37. The number of fused-ring (bicyclic) bond motifs is 2. The SMILES string of the molecule is CC.CC12CN(Cc3ccc(OC4CC4)cc3)CCC1(c1ccc3ncc(C4CCC(=O)NC4=O)cc3c1F)O2. The van der Waals surface area contributed by atoms with E-state index in [0.717, 1.165) is 31.7 Å². The first-order valence-corrected chi connectivity index (χ1v) is 14.4. The van der Waals surface area contributed by atoms with Gasteiger partial charge in [-0.05, 0) is 68.0 Å². The monoisotopic (exact) mass is 545 g/mol. The maximum absolute atomic E-state index is 16.1. The molecule has 2 amide bonds. The van der Waals surface area contributed by atoms with Crippen molar-refractivity contribution in [2.75, 3.05) is 13.1 Å². The van der Waals surface area contributed by atoms with Gasteiger partial charge in [0.15, 0.2) is 0 Å². The third-order valence-corrected chi connectivity index (χ3v) is 8.57. The van der Waals surface area contributed by atoms with Gasteiger partial charge >= 0.3 is 0 Å². The van der Waals surface area contributed by atoms with Gasteiger partial charge in [0.05, 0.1) is 17.5 Å². The van der Waals surface area contributed by atoms with Crippen molar-refractivity contribution in [3.8, 4) is 5.75 Å². The van der Waals surface area contributed by atoms with E-state index >= 15 is 4.39 Å². The summed E-state index contributed by atoms with van der Waals surface area (Å²) in [4.78, 5) is 30.7. The van der Waals surface area contributed by atoms with E-state index in [4.69, 9.17) is 9.47 Å². The zero-order valence-corrected chi connectivity index (χ0v) is 23.3. The lowest BCUT2D eigenvalue weighted by Crippen LogP contribution is -2.44. The summed E-state index contributed by atoms with van der Waals surface area (Å²) in [5.74, 6) is -0.552. The number of imide groups is 1. The van der Waals surface area contributed by atoms with E-state index < -0.39 is 17.1 Å². The van der Waals surface area contributed by atoms with Gasteiger partial charge in [0.2, 0.25) is 11.8 Å². The van der Waals surface area contributed by atoms with Crippen LogP contribution in [-0.2, 0) is 26.5 Å². The number of hydrogen-bond donors (Lipinski definition) is 1. The minimum atomic E-state index is -0.672. The van der Waals surface area contributed by atoms with Gasteiger partial charge in [-0.3, -0.25) is 24.8 Å². The molecule has 3 unspecified atom stereocenters. The number of carbonyl (C=O) groups excluding carboxylic acids is 2. The predicted molar refractivity (Wildman–Crippen MR) is 149 cm³/mol. The first kappa shape index (κ1) is 26.8. The number of rotatable bonds is 6. The van der Waals surface area contributed by atoms with Gasteiger partial charge in [0, 0.05) is 43.2 Å². The molecule has 7 nitrogen and oxygen atoms in total. The summed E-state index contributed by atoms with van der Waals surface area (Å²) in [6.07, 6.45) is 5.64. The zero-order valence-electron chi connectivity index (χ0n) is 23.3. The molecule has 4 fully saturated rings. The van der Waals surface area contributed by atoms with Crippen molar-refractivity contribution in [2.24, 2.45) is 0 Å². The van der Waals surface area contributed by atoms with Crippen LogP contribution in [0.15, 0.2) is 48.7 Å². The highest BCUT2D eigenvalue weighted by molar-refractivity contribution is 6.01. The minimum Gasteiger partial charge on any atom is -0.490 e. The molecule has 0 spiro atoms. The number of halogens is 1. The van der Waals surface area contributed by atoms with E-state index in [1.165, 1.54) is 5.56 Å². The molecule has 210 valence electrons. The van der Waals surface area contributed by atoms with Crippen LogP contribution in [0.3, 0.4) is 0 Å². The molecule has 1 N–H and O–H groups in total. The van der Waals surface area contributed by atoms with Crippen LogP contribution in [0, 0.1) is 5.82 Å². The quantitative estimate of drug-likeness (QED) is 0.332. The molecular weight excluding hydrogens is 509 g/mol. The maximum atomic E-state index is 16.1. The number of epoxide rings is 1. The first-order chi connectivity index (χ1) is 19.3. The lowest BCUT2D eigenvalue weighted by atomic mass is 9.80. The van der Waals surface area contributed by atoms with Crippen LogP contribution in [0.25, 0.3) is 10.9 Å². The van der Waals surface area contributed by atoms with Crippen LogP contribution < -0.4 is 10.1 Å². The van der Waals surface area contributed by atoms with Gasteiger partial charge in [-0.15, -0.1) is 0 Å². The van der Waals surface area contributed by atoms with E-state index in [2.05, 4.69) is 34.3 Å². The number of piperidine rings is 2. The number of aromatic nitrogens is 1. The Labute approximate surface area is 234 Å². The van der Waals surface area contributed by atoms with Crippen molar-refractivity contribution in [2.45, 2.75) is 82.6 Å². The standard InChI is InChI=1S/C30H30FN3O4.C2H6/c1-29-17-34(16-18-2-4-20(5-3-18)37-21-6-7-21)13-12-30(29,38-29)24-9-10-25-23(27(24)31)14-19(15-32-25)22-8-11-26(35)33-28(22)36;1-2/h2-5,9-10,14-15,21-22H,6-8,11-13,16-17H2,1H3,(H,33,35,36);1-2H3. The second-order valence-corrected chi connectivity index (χ2v) is 11.3. The number of benzene rings is 2. The lowest BCUT2D eigenvalue weighted by molar-refractivity contribution is -0.134. The highest BCUT2D eigenvalue weighted by Crippen LogP contribution is 2.61. The molecule has 40 heavy (non-hydrogen) atoms. The first-order valence-electron chi connectivity index (χ1n) is 14.4. The Bertz CT molecular complexity index is 1460. The number of pyridine rings is 1. The highest BCUT2D eigenvalue weighted by atomic mass is 19.1. The average Bonchev–Trinajstić information content (AvgIpc) is 3.87. The molecule has 1 aliphatic carbocycles. The maximum Gasteiger partial charge on any atom is 0.234 e. The van der Waals surface area contributed by atoms with Gasteiger partial charge in [-0.25, -0.2) is 4.39 Å². The van der Waals surface area contributed by atoms with Crippen LogP contribution in [0.1, 0.15) is 75.5 Å². The van der Waals surface area contributed by atoms with Crippen LogP contribution in [0.5, 0.6) is 5.75 Å². The fraction of sp³-hybridized carbons (Fsp3) is 0.469. The third-order valence-electron chi connectivity index (χ3n) is 8.57. The predicted octanol–water partition coefficient (Wildman–Crippen LogP) is 5.35. The summed E-state index contributed by atoms with van der Waals surface area (Å²) in [5.41, 5.74) is 1.77. The Balaban J connectivity index is 0.00000142. The molecule has 3 saturated heterocycles. The van der Waals surface area contributed by atoms with Crippen LogP contribution in [0.2, 0.25) is 0 Å². The molecule has 1 aromatic heterocycles. The molecule has 0 bridgehead atoms. The van der Waals surface area contributed by atoms with E-state index in [9.17, 15) is 9.59 Å². The number of ether oxygens (including phenoxy) is 2. The molecule has 4 heterocycles. The Hall–Kier alpha value is -3.36. The van der Waals surface area contributed by atoms with Gasteiger partial charge in [-0.1, -0.05) is 32.0 Å². The van der Waals surface area contributed by atoms with E-state index in [1.54, 1.807) is 18.3 Å². The molecule has 3 aliphatic heterocycles.